The molecule has 6 heteroatoms. The molecule has 106 valence electrons. The predicted octanol–water partition coefficient (Wildman–Crippen LogP) is 1.71. The zero-order valence-electron chi connectivity index (χ0n) is 11.1. The number of rotatable bonds is 6. The Morgan fingerprint density at radius 2 is 1.75 bits per heavy atom. The standard InChI is InChI=1S/C14H17N3O2S/c1-15-17-13-7-5-6-12(10-13)11-16-20(18,19)14-8-3-2-4-9-14/h2-10,15-17H,11H2,1H3. The Bertz CT molecular complexity index is 657. The van der Waals surface area contributed by atoms with Gasteiger partial charge >= 0.3 is 0 Å². The summed E-state index contributed by atoms with van der Waals surface area (Å²) in [6, 6.07) is 15.8. The Hall–Kier alpha value is -1.89. The van der Waals surface area contributed by atoms with Gasteiger partial charge in [0, 0.05) is 19.3 Å². The molecule has 0 heterocycles. The first-order valence-electron chi connectivity index (χ1n) is 6.18. The molecule has 0 unspecified atom stereocenters. The van der Waals surface area contributed by atoms with E-state index in [0.29, 0.717) is 0 Å². The lowest BCUT2D eigenvalue weighted by atomic mass is 10.2. The predicted molar refractivity (Wildman–Crippen MR) is 79.6 cm³/mol. The molecule has 0 saturated carbocycles. The van der Waals surface area contributed by atoms with Gasteiger partial charge in [0.2, 0.25) is 10.0 Å². The number of hydrazine groups is 1. The minimum atomic E-state index is -3.47. The third-order valence-corrected chi connectivity index (χ3v) is 4.13. The van der Waals surface area contributed by atoms with Crippen molar-refractivity contribution in [2.45, 2.75) is 11.4 Å². The van der Waals surface area contributed by atoms with Crippen LogP contribution in [0.1, 0.15) is 5.56 Å². The average Bonchev–Trinajstić information content (AvgIpc) is 2.47. The molecule has 0 bridgehead atoms. The maximum Gasteiger partial charge on any atom is 0.240 e. The Morgan fingerprint density at radius 1 is 1.00 bits per heavy atom. The first kappa shape index (κ1) is 14.5. The van der Waals surface area contributed by atoms with Gasteiger partial charge < -0.3 is 5.43 Å². The molecule has 2 rings (SSSR count). The maximum absolute atomic E-state index is 12.1. The van der Waals surface area contributed by atoms with Gasteiger partial charge in [0.15, 0.2) is 0 Å². The number of nitrogens with one attached hydrogen (secondary N) is 3. The molecule has 20 heavy (non-hydrogen) atoms. The van der Waals surface area contributed by atoms with Crippen LogP contribution in [-0.4, -0.2) is 15.5 Å². The van der Waals surface area contributed by atoms with Crippen molar-refractivity contribution in [3.05, 3.63) is 60.2 Å². The van der Waals surface area contributed by atoms with Gasteiger partial charge in [-0.3, -0.25) is 0 Å². The van der Waals surface area contributed by atoms with Crippen LogP contribution in [0, 0.1) is 0 Å². The summed E-state index contributed by atoms with van der Waals surface area (Å²) in [7, 11) is -1.70. The lowest BCUT2D eigenvalue weighted by Gasteiger charge is -2.09. The van der Waals surface area contributed by atoms with E-state index in [2.05, 4.69) is 15.6 Å². The van der Waals surface area contributed by atoms with E-state index in [9.17, 15) is 8.42 Å². The van der Waals surface area contributed by atoms with Crippen molar-refractivity contribution >= 4 is 15.7 Å². The van der Waals surface area contributed by atoms with Crippen molar-refractivity contribution in [1.29, 1.82) is 0 Å². The summed E-state index contributed by atoms with van der Waals surface area (Å²) in [5, 5.41) is 0. The molecular formula is C14H17N3O2S. The number of anilines is 1. The van der Waals surface area contributed by atoms with Crippen LogP contribution >= 0.6 is 0 Å². The van der Waals surface area contributed by atoms with Crippen molar-refractivity contribution in [2.75, 3.05) is 12.5 Å². The van der Waals surface area contributed by atoms with Gasteiger partial charge in [-0.25, -0.2) is 18.6 Å². The van der Waals surface area contributed by atoms with Crippen LogP contribution in [0.25, 0.3) is 0 Å². The summed E-state index contributed by atoms with van der Waals surface area (Å²) >= 11 is 0. The summed E-state index contributed by atoms with van der Waals surface area (Å²) in [4.78, 5) is 0.268. The monoisotopic (exact) mass is 291 g/mol. The van der Waals surface area contributed by atoms with Crippen molar-refractivity contribution in [3.8, 4) is 0 Å². The lowest BCUT2D eigenvalue weighted by Crippen LogP contribution is -2.23. The second-order valence-electron chi connectivity index (χ2n) is 4.21. The van der Waals surface area contributed by atoms with E-state index in [1.807, 2.05) is 24.3 Å². The van der Waals surface area contributed by atoms with Gasteiger partial charge in [0.05, 0.1) is 4.90 Å². The summed E-state index contributed by atoms with van der Waals surface area (Å²) in [6.45, 7) is 0.246. The summed E-state index contributed by atoms with van der Waals surface area (Å²) < 4.78 is 26.7. The zero-order chi connectivity index (χ0) is 14.4. The maximum atomic E-state index is 12.1. The molecule has 0 atom stereocenters. The fourth-order valence-corrected chi connectivity index (χ4v) is 2.80. The molecule has 0 fully saturated rings. The Balaban J connectivity index is 2.07. The molecule has 0 aliphatic heterocycles. The van der Waals surface area contributed by atoms with E-state index in [4.69, 9.17) is 0 Å². The molecule has 3 N–H and O–H groups in total. The quantitative estimate of drug-likeness (QED) is 0.709. The topological polar surface area (TPSA) is 70.2 Å². The summed E-state index contributed by atoms with van der Waals surface area (Å²) in [5.74, 6) is 0. The minimum absolute atomic E-state index is 0.246. The van der Waals surface area contributed by atoms with Crippen molar-refractivity contribution < 1.29 is 8.42 Å². The van der Waals surface area contributed by atoms with Crippen LogP contribution in [0.2, 0.25) is 0 Å². The second-order valence-corrected chi connectivity index (χ2v) is 5.98. The third-order valence-electron chi connectivity index (χ3n) is 2.72. The van der Waals surface area contributed by atoms with Gasteiger partial charge in [0.25, 0.3) is 0 Å². The lowest BCUT2D eigenvalue weighted by molar-refractivity contribution is 0.581. The molecule has 0 aliphatic carbocycles. The van der Waals surface area contributed by atoms with E-state index in [1.54, 1.807) is 37.4 Å². The van der Waals surface area contributed by atoms with Gasteiger partial charge in [-0.15, -0.1) is 0 Å². The highest BCUT2D eigenvalue weighted by Gasteiger charge is 2.12. The molecule has 0 radical (unpaired) electrons. The first-order valence-corrected chi connectivity index (χ1v) is 7.66. The van der Waals surface area contributed by atoms with E-state index >= 15 is 0 Å². The largest absolute Gasteiger partial charge is 0.322 e. The van der Waals surface area contributed by atoms with Crippen molar-refractivity contribution in [1.82, 2.24) is 10.1 Å². The Morgan fingerprint density at radius 3 is 2.45 bits per heavy atom. The smallest absolute Gasteiger partial charge is 0.240 e. The van der Waals surface area contributed by atoms with E-state index in [-0.39, 0.29) is 11.4 Å². The van der Waals surface area contributed by atoms with Gasteiger partial charge in [-0.2, -0.15) is 0 Å². The number of sulfonamides is 1. The highest BCUT2D eigenvalue weighted by Crippen LogP contribution is 2.12. The Labute approximate surface area is 119 Å². The number of hydrogen-bond acceptors (Lipinski definition) is 4. The minimum Gasteiger partial charge on any atom is -0.322 e. The fraction of sp³-hybridized carbons (Fsp3) is 0.143. The van der Waals surface area contributed by atoms with Crippen LogP contribution < -0.4 is 15.6 Å². The number of benzene rings is 2. The zero-order valence-corrected chi connectivity index (χ0v) is 11.9. The molecule has 5 nitrogen and oxygen atoms in total. The van der Waals surface area contributed by atoms with E-state index in [0.717, 1.165) is 11.3 Å². The number of hydrogen-bond donors (Lipinski definition) is 3. The van der Waals surface area contributed by atoms with E-state index in [1.165, 1.54) is 0 Å². The summed E-state index contributed by atoms with van der Waals surface area (Å²) in [6.07, 6.45) is 0. The van der Waals surface area contributed by atoms with Crippen molar-refractivity contribution in [2.24, 2.45) is 0 Å². The molecule has 0 aliphatic rings. The Kier molecular flexibility index (Phi) is 4.73. The van der Waals surface area contributed by atoms with E-state index < -0.39 is 10.0 Å². The second kappa shape index (κ2) is 6.51. The normalized spacial score (nSPS) is 11.2. The van der Waals surface area contributed by atoms with Crippen LogP contribution in [0.15, 0.2) is 59.5 Å². The fourth-order valence-electron chi connectivity index (χ4n) is 1.76. The van der Waals surface area contributed by atoms with Gasteiger partial charge in [-0.05, 0) is 29.8 Å². The molecule has 0 spiro atoms. The molecule has 2 aromatic carbocycles. The highest BCUT2D eigenvalue weighted by atomic mass is 32.2. The molecule has 0 saturated heterocycles. The molecule has 2 aromatic rings. The summed E-state index contributed by atoms with van der Waals surface area (Å²) in [5.41, 5.74) is 7.53. The first-order chi connectivity index (χ1) is 9.62. The SMILES string of the molecule is CNNc1cccc(CNS(=O)(=O)c2ccccc2)c1. The molecular weight excluding hydrogens is 274 g/mol. The average molecular weight is 291 g/mol. The van der Waals surface area contributed by atoms with Gasteiger partial charge in [-0.1, -0.05) is 30.3 Å². The van der Waals surface area contributed by atoms with Gasteiger partial charge in [0.1, 0.15) is 0 Å². The van der Waals surface area contributed by atoms with Crippen LogP contribution in [-0.2, 0) is 16.6 Å². The molecule has 0 amide bonds. The van der Waals surface area contributed by atoms with Crippen LogP contribution in [0.5, 0.6) is 0 Å². The van der Waals surface area contributed by atoms with Crippen molar-refractivity contribution in [3.63, 3.8) is 0 Å². The van der Waals surface area contributed by atoms with Crippen LogP contribution in [0.4, 0.5) is 5.69 Å². The molecule has 0 aromatic heterocycles. The third kappa shape index (κ3) is 3.80. The van der Waals surface area contributed by atoms with Crippen LogP contribution in [0.3, 0.4) is 0 Å². The highest BCUT2D eigenvalue weighted by molar-refractivity contribution is 7.89.